The van der Waals surface area contributed by atoms with E-state index in [0.29, 0.717) is 52.5 Å². The summed E-state index contributed by atoms with van der Waals surface area (Å²) in [5.74, 6) is 1.22. The smallest absolute Gasteiger partial charge is 0.282 e. The second-order valence-electron chi connectivity index (χ2n) is 8.37. The lowest BCUT2D eigenvalue weighted by Gasteiger charge is -2.15. The molecule has 1 aromatic heterocycles. The molecule has 0 saturated heterocycles. The van der Waals surface area contributed by atoms with Gasteiger partial charge in [-0.1, -0.05) is 40.5 Å². The Hall–Kier alpha value is -3.25. The molecule has 4 rings (SSSR count). The Morgan fingerprint density at radius 1 is 1.13 bits per heavy atom. The van der Waals surface area contributed by atoms with Crippen LogP contribution in [0.4, 0.5) is 5.69 Å². The number of amides is 1. The summed E-state index contributed by atoms with van der Waals surface area (Å²) in [5.41, 5.74) is 2.90. The van der Waals surface area contributed by atoms with Crippen LogP contribution in [0.2, 0.25) is 0 Å². The predicted octanol–water partition coefficient (Wildman–Crippen LogP) is 5.93. The molecule has 196 valence electrons. The lowest BCUT2D eigenvalue weighted by Crippen LogP contribution is -2.22. The number of halogens is 2. The van der Waals surface area contributed by atoms with Crippen LogP contribution in [0.15, 0.2) is 69.0 Å². The fourth-order valence-corrected chi connectivity index (χ4v) is 4.85. The zero-order chi connectivity index (χ0) is 27.2. The summed E-state index contributed by atoms with van der Waals surface area (Å²) >= 11 is 5.55. The molecule has 0 aliphatic heterocycles. The highest BCUT2D eigenvalue weighted by molar-refractivity contribution is 14.1. The van der Waals surface area contributed by atoms with Gasteiger partial charge in [-0.2, -0.15) is 9.78 Å². The van der Waals surface area contributed by atoms with Crippen molar-refractivity contribution in [2.75, 3.05) is 18.5 Å². The van der Waals surface area contributed by atoms with E-state index in [1.807, 2.05) is 63.2 Å². The number of aryl methyl sites for hydroxylation is 2. The minimum Gasteiger partial charge on any atom is -0.490 e. The molecule has 0 bridgehead atoms. The van der Waals surface area contributed by atoms with E-state index in [1.165, 1.54) is 4.68 Å². The van der Waals surface area contributed by atoms with Gasteiger partial charge in [-0.05, 0) is 84.5 Å². The average molecular weight is 689 g/mol. The molecular formula is C28H26BrIN4O4. The molecule has 1 N–H and O–H groups in total. The van der Waals surface area contributed by atoms with Crippen molar-refractivity contribution in [2.45, 2.75) is 27.2 Å². The van der Waals surface area contributed by atoms with Crippen molar-refractivity contribution >= 4 is 67.2 Å². The summed E-state index contributed by atoms with van der Waals surface area (Å²) in [6, 6.07) is 16.6. The molecule has 4 aromatic rings. The summed E-state index contributed by atoms with van der Waals surface area (Å²) in [5, 5.41) is 7.76. The zero-order valence-electron chi connectivity index (χ0n) is 21.1. The quantitative estimate of drug-likeness (QED) is 0.174. The van der Waals surface area contributed by atoms with Gasteiger partial charge in [0.25, 0.3) is 11.5 Å². The van der Waals surface area contributed by atoms with E-state index in [-0.39, 0.29) is 18.1 Å². The molecule has 0 aliphatic carbocycles. The molecule has 38 heavy (non-hydrogen) atoms. The zero-order valence-corrected chi connectivity index (χ0v) is 24.9. The maximum absolute atomic E-state index is 13.2. The molecule has 0 unspecified atom stereocenters. The van der Waals surface area contributed by atoms with Gasteiger partial charge >= 0.3 is 0 Å². The second-order valence-corrected chi connectivity index (χ2v) is 10.4. The highest BCUT2D eigenvalue weighted by Crippen LogP contribution is 2.34. The molecule has 0 aliphatic rings. The summed E-state index contributed by atoms with van der Waals surface area (Å²) in [6.07, 6.45) is 2.13. The number of rotatable bonds is 9. The van der Waals surface area contributed by atoms with Crippen LogP contribution in [0.1, 0.15) is 30.8 Å². The molecule has 0 radical (unpaired) electrons. The van der Waals surface area contributed by atoms with Gasteiger partial charge in [-0.3, -0.25) is 9.59 Å². The second kappa shape index (κ2) is 12.5. The van der Waals surface area contributed by atoms with Crippen molar-refractivity contribution < 1.29 is 14.3 Å². The van der Waals surface area contributed by atoms with Gasteiger partial charge in [-0.15, -0.1) is 0 Å². The SMILES string of the molecule is CCOc1cc(C=Nn2c(CC)nc3ccc(Br)cc3c2=O)cc(I)c1OCC(=O)Nc1ccc(C)cc1. The topological polar surface area (TPSA) is 94.8 Å². The first-order chi connectivity index (χ1) is 18.3. The van der Waals surface area contributed by atoms with Crippen LogP contribution in [0, 0.1) is 10.5 Å². The number of aromatic nitrogens is 2. The molecule has 10 heteroatoms. The van der Waals surface area contributed by atoms with Crippen molar-refractivity contribution in [1.82, 2.24) is 9.66 Å². The van der Waals surface area contributed by atoms with Gasteiger partial charge in [-0.25, -0.2) is 4.98 Å². The van der Waals surface area contributed by atoms with E-state index in [0.717, 1.165) is 13.6 Å². The van der Waals surface area contributed by atoms with Crippen molar-refractivity contribution in [2.24, 2.45) is 5.10 Å². The Morgan fingerprint density at radius 2 is 1.89 bits per heavy atom. The van der Waals surface area contributed by atoms with Gasteiger partial charge in [0.15, 0.2) is 18.1 Å². The van der Waals surface area contributed by atoms with Crippen LogP contribution in [0.3, 0.4) is 0 Å². The number of anilines is 1. The third-order valence-electron chi connectivity index (χ3n) is 5.53. The van der Waals surface area contributed by atoms with Gasteiger partial charge < -0.3 is 14.8 Å². The number of nitrogens with zero attached hydrogens (tertiary/aromatic N) is 3. The van der Waals surface area contributed by atoms with E-state index in [4.69, 9.17) is 9.47 Å². The number of hydrogen-bond acceptors (Lipinski definition) is 6. The summed E-state index contributed by atoms with van der Waals surface area (Å²) < 4.78 is 14.5. The summed E-state index contributed by atoms with van der Waals surface area (Å²) in [7, 11) is 0. The van der Waals surface area contributed by atoms with E-state index >= 15 is 0 Å². The van der Waals surface area contributed by atoms with Gasteiger partial charge in [0.1, 0.15) is 5.82 Å². The van der Waals surface area contributed by atoms with Crippen LogP contribution in [0.25, 0.3) is 10.9 Å². The molecule has 3 aromatic carbocycles. The Balaban J connectivity index is 1.58. The molecular weight excluding hydrogens is 663 g/mol. The third kappa shape index (κ3) is 6.60. The monoisotopic (exact) mass is 688 g/mol. The maximum Gasteiger partial charge on any atom is 0.282 e. The maximum atomic E-state index is 13.2. The highest BCUT2D eigenvalue weighted by Gasteiger charge is 2.15. The van der Waals surface area contributed by atoms with Gasteiger partial charge in [0.2, 0.25) is 0 Å². The van der Waals surface area contributed by atoms with Crippen molar-refractivity contribution in [3.63, 3.8) is 0 Å². The molecule has 0 fully saturated rings. The Labute approximate surface area is 242 Å². The van der Waals surface area contributed by atoms with Gasteiger partial charge in [0.05, 0.1) is 27.3 Å². The fraction of sp³-hybridized carbons (Fsp3) is 0.214. The molecule has 0 atom stereocenters. The molecule has 0 spiro atoms. The highest BCUT2D eigenvalue weighted by atomic mass is 127. The van der Waals surface area contributed by atoms with Crippen LogP contribution in [-0.2, 0) is 11.2 Å². The van der Waals surface area contributed by atoms with Crippen molar-refractivity contribution in [3.8, 4) is 11.5 Å². The number of fused-ring (bicyclic) bond motifs is 1. The first-order valence-corrected chi connectivity index (χ1v) is 13.9. The molecule has 8 nitrogen and oxygen atoms in total. The molecule has 1 amide bonds. The lowest BCUT2D eigenvalue weighted by molar-refractivity contribution is -0.118. The molecule has 1 heterocycles. The largest absolute Gasteiger partial charge is 0.490 e. The number of ether oxygens (including phenoxy) is 2. The Morgan fingerprint density at radius 3 is 2.61 bits per heavy atom. The van der Waals surface area contributed by atoms with Crippen LogP contribution < -0.4 is 20.3 Å². The Bertz CT molecular complexity index is 1570. The van der Waals surface area contributed by atoms with Crippen molar-refractivity contribution in [3.05, 3.63) is 89.9 Å². The van der Waals surface area contributed by atoms with Gasteiger partial charge in [0, 0.05) is 16.6 Å². The van der Waals surface area contributed by atoms with E-state index in [9.17, 15) is 9.59 Å². The number of hydrogen-bond donors (Lipinski definition) is 1. The van der Waals surface area contributed by atoms with E-state index in [1.54, 1.807) is 18.3 Å². The van der Waals surface area contributed by atoms with Crippen LogP contribution in [0.5, 0.6) is 11.5 Å². The first-order valence-electron chi connectivity index (χ1n) is 12.0. The normalized spacial score (nSPS) is 11.2. The minimum atomic E-state index is -0.278. The van der Waals surface area contributed by atoms with Crippen LogP contribution >= 0.6 is 38.5 Å². The standard InChI is InChI=1S/C28H26BrIN4O4/c1-4-25-33-23-11-8-19(29)14-21(23)28(36)34(25)31-15-18-12-22(30)27(24(13-18)37-5-2)38-16-26(35)32-20-9-6-17(3)7-10-20/h6-15H,4-5,16H2,1-3H3,(H,32,35). The summed E-state index contributed by atoms with van der Waals surface area (Å²) in [4.78, 5) is 30.2. The first kappa shape index (κ1) is 27.8. The number of carbonyl (C=O) groups excluding carboxylic acids is 1. The van der Waals surface area contributed by atoms with Crippen LogP contribution in [-0.4, -0.2) is 35.0 Å². The fourth-order valence-electron chi connectivity index (χ4n) is 3.70. The number of benzene rings is 3. The van der Waals surface area contributed by atoms with E-state index < -0.39 is 0 Å². The lowest BCUT2D eigenvalue weighted by atomic mass is 10.2. The average Bonchev–Trinajstić information content (AvgIpc) is 2.89. The number of carbonyl (C=O) groups is 1. The number of nitrogens with one attached hydrogen (secondary N) is 1. The Kier molecular flexibility index (Phi) is 9.16. The third-order valence-corrected chi connectivity index (χ3v) is 6.82. The van der Waals surface area contributed by atoms with Crippen molar-refractivity contribution in [1.29, 1.82) is 0 Å². The minimum absolute atomic E-state index is 0.176. The van der Waals surface area contributed by atoms with E-state index in [2.05, 4.69) is 53.9 Å². The summed E-state index contributed by atoms with van der Waals surface area (Å²) in [6.45, 7) is 6.01. The molecule has 0 saturated carbocycles. The predicted molar refractivity (Wildman–Crippen MR) is 162 cm³/mol.